The van der Waals surface area contributed by atoms with Crippen LogP contribution in [-0.2, 0) is 0 Å². The summed E-state index contributed by atoms with van der Waals surface area (Å²) in [4.78, 5) is 2.35. The minimum Gasteiger partial charge on any atom is -0.371 e. The second-order valence-electron chi connectivity index (χ2n) is 4.33. The summed E-state index contributed by atoms with van der Waals surface area (Å²) in [6.07, 6.45) is 2.61. The molecule has 3 heteroatoms. The maximum Gasteiger partial charge on any atom is 0.0425 e. The Balaban J connectivity index is 2.36. The molecule has 2 nitrogen and oxygen atoms in total. The molecule has 0 saturated heterocycles. The van der Waals surface area contributed by atoms with Gasteiger partial charge in [0.15, 0.2) is 0 Å². The third-order valence-corrected chi connectivity index (χ3v) is 3.45. The molecule has 2 N–H and O–H groups in total. The predicted octanol–water partition coefficient (Wildman–Crippen LogP) is 3.07. The zero-order valence-corrected chi connectivity index (χ0v) is 10.8. The van der Waals surface area contributed by atoms with Gasteiger partial charge in [-0.3, -0.25) is 0 Å². The molecule has 1 atom stereocenters. The Morgan fingerprint density at radius 2 is 2.13 bits per heavy atom. The molecule has 2 rings (SSSR count). The van der Waals surface area contributed by atoms with E-state index in [0.717, 1.165) is 10.5 Å². The summed E-state index contributed by atoms with van der Waals surface area (Å²) in [5, 5.41) is 0. The maximum atomic E-state index is 5.98. The fourth-order valence-corrected chi connectivity index (χ4v) is 2.21. The fourth-order valence-electron chi connectivity index (χ4n) is 1.87. The first-order chi connectivity index (χ1) is 7.09. The Bertz CT molecular complexity index is 359. The Morgan fingerprint density at radius 3 is 2.67 bits per heavy atom. The van der Waals surface area contributed by atoms with Gasteiger partial charge in [-0.1, -0.05) is 22.0 Å². The molecule has 0 radical (unpaired) electrons. The molecule has 1 aromatic carbocycles. The molecule has 1 saturated carbocycles. The molecule has 1 aliphatic rings. The molecule has 0 heterocycles. The van der Waals surface area contributed by atoms with Crippen molar-refractivity contribution in [1.29, 1.82) is 0 Å². The van der Waals surface area contributed by atoms with E-state index in [1.807, 2.05) is 6.92 Å². The van der Waals surface area contributed by atoms with E-state index in [9.17, 15) is 0 Å². The van der Waals surface area contributed by atoms with Crippen LogP contribution < -0.4 is 10.6 Å². The van der Waals surface area contributed by atoms with Crippen molar-refractivity contribution >= 4 is 21.6 Å². The molecular formula is C12H17BrN2. The lowest BCUT2D eigenvalue weighted by Gasteiger charge is -2.24. The second-order valence-corrected chi connectivity index (χ2v) is 5.25. The van der Waals surface area contributed by atoms with Crippen LogP contribution in [0.3, 0.4) is 0 Å². The number of hydrogen-bond donors (Lipinski definition) is 1. The standard InChI is InChI=1S/C12H17BrN2/c1-8(14)11-6-3-9(13)7-12(11)15(2)10-4-5-10/h3,6-8,10H,4-5,14H2,1-2H3. The zero-order chi connectivity index (χ0) is 11.0. The van der Waals surface area contributed by atoms with E-state index in [4.69, 9.17) is 5.73 Å². The van der Waals surface area contributed by atoms with Crippen molar-refractivity contribution in [3.8, 4) is 0 Å². The van der Waals surface area contributed by atoms with E-state index in [2.05, 4.69) is 46.1 Å². The van der Waals surface area contributed by atoms with Crippen LogP contribution in [-0.4, -0.2) is 13.1 Å². The Labute approximate surface area is 99.6 Å². The fraction of sp³-hybridized carbons (Fsp3) is 0.500. The van der Waals surface area contributed by atoms with Gasteiger partial charge in [0, 0.05) is 29.3 Å². The number of anilines is 1. The highest BCUT2D eigenvalue weighted by Crippen LogP contribution is 2.35. The lowest BCUT2D eigenvalue weighted by atomic mass is 10.1. The van der Waals surface area contributed by atoms with Gasteiger partial charge in [-0.15, -0.1) is 0 Å². The van der Waals surface area contributed by atoms with E-state index in [-0.39, 0.29) is 6.04 Å². The molecular weight excluding hydrogens is 252 g/mol. The van der Waals surface area contributed by atoms with Gasteiger partial charge < -0.3 is 10.6 Å². The third-order valence-electron chi connectivity index (χ3n) is 2.96. The van der Waals surface area contributed by atoms with E-state index in [1.165, 1.54) is 24.1 Å². The van der Waals surface area contributed by atoms with Crippen LogP contribution in [0.1, 0.15) is 31.4 Å². The molecule has 0 spiro atoms. The number of halogens is 1. The van der Waals surface area contributed by atoms with Crippen molar-refractivity contribution in [2.75, 3.05) is 11.9 Å². The van der Waals surface area contributed by atoms with E-state index in [0.29, 0.717) is 0 Å². The summed E-state index contributed by atoms with van der Waals surface area (Å²) in [6.45, 7) is 2.04. The molecule has 0 aliphatic heterocycles. The number of benzene rings is 1. The van der Waals surface area contributed by atoms with Crippen LogP contribution in [0.25, 0.3) is 0 Å². The van der Waals surface area contributed by atoms with Crippen molar-refractivity contribution < 1.29 is 0 Å². The maximum absolute atomic E-state index is 5.98. The van der Waals surface area contributed by atoms with Gasteiger partial charge in [-0.05, 0) is 37.5 Å². The molecule has 1 fully saturated rings. The summed E-state index contributed by atoms with van der Waals surface area (Å²) in [5.74, 6) is 0. The van der Waals surface area contributed by atoms with E-state index < -0.39 is 0 Å². The van der Waals surface area contributed by atoms with Gasteiger partial charge in [-0.2, -0.15) is 0 Å². The molecule has 1 unspecified atom stereocenters. The summed E-state index contributed by atoms with van der Waals surface area (Å²) in [6, 6.07) is 7.15. The lowest BCUT2D eigenvalue weighted by molar-refractivity contribution is 0.800. The summed E-state index contributed by atoms with van der Waals surface area (Å²) >= 11 is 3.52. The summed E-state index contributed by atoms with van der Waals surface area (Å²) < 4.78 is 1.12. The monoisotopic (exact) mass is 268 g/mol. The van der Waals surface area contributed by atoms with Crippen LogP contribution in [0.15, 0.2) is 22.7 Å². The highest BCUT2D eigenvalue weighted by Gasteiger charge is 2.28. The zero-order valence-electron chi connectivity index (χ0n) is 9.20. The van der Waals surface area contributed by atoms with Gasteiger partial charge in [0.1, 0.15) is 0 Å². The second kappa shape index (κ2) is 4.14. The number of nitrogens with two attached hydrogens (primary N) is 1. The highest BCUT2D eigenvalue weighted by atomic mass is 79.9. The van der Waals surface area contributed by atoms with Gasteiger partial charge in [0.25, 0.3) is 0 Å². The Morgan fingerprint density at radius 1 is 1.47 bits per heavy atom. The van der Waals surface area contributed by atoms with Gasteiger partial charge in [-0.25, -0.2) is 0 Å². The molecule has 15 heavy (non-hydrogen) atoms. The van der Waals surface area contributed by atoms with Crippen molar-refractivity contribution in [2.45, 2.75) is 31.8 Å². The van der Waals surface area contributed by atoms with Crippen LogP contribution in [0.5, 0.6) is 0 Å². The van der Waals surface area contributed by atoms with Crippen molar-refractivity contribution in [1.82, 2.24) is 0 Å². The Kier molecular flexibility index (Phi) is 3.03. The third kappa shape index (κ3) is 2.34. The van der Waals surface area contributed by atoms with Gasteiger partial charge >= 0.3 is 0 Å². The SMILES string of the molecule is CC(N)c1ccc(Br)cc1N(C)C1CC1. The first kappa shape index (κ1) is 11.0. The van der Waals surface area contributed by atoms with Gasteiger partial charge in [0.05, 0.1) is 0 Å². The van der Waals surface area contributed by atoms with Crippen LogP contribution in [0.2, 0.25) is 0 Å². The van der Waals surface area contributed by atoms with Crippen LogP contribution >= 0.6 is 15.9 Å². The molecule has 1 aromatic rings. The minimum absolute atomic E-state index is 0.0919. The van der Waals surface area contributed by atoms with Crippen molar-refractivity contribution in [3.63, 3.8) is 0 Å². The number of rotatable bonds is 3. The average molecular weight is 269 g/mol. The highest BCUT2D eigenvalue weighted by molar-refractivity contribution is 9.10. The smallest absolute Gasteiger partial charge is 0.0425 e. The quantitative estimate of drug-likeness (QED) is 0.913. The molecule has 0 aromatic heterocycles. The van der Waals surface area contributed by atoms with Crippen molar-refractivity contribution in [2.24, 2.45) is 5.73 Å². The molecule has 1 aliphatic carbocycles. The first-order valence-corrected chi connectivity index (χ1v) is 6.16. The first-order valence-electron chi connectivity index (χ1n) is 5.37. The molecule has 82 valence electrons. The largest absolute Gasteiger partial charge is 0.371 e. The number of hydrogen-bond acceptors (Lipinski definition) is 2. The average Bonchev–Trinajstić information content (AvgIpc) is 2.99. The number of nitrogens with zero attached hydrogens (tertiary/aromatic N) is 1. The molecule has 0 bridgehead atoms. The van der Waals surface area contributed by atoms with Crippen molar-refractivity contribution in [3.05, 3.63) is 28.2 Å². The van der Waals surface area contributed by atoms with Crippen LogP contribution in [0.4, 0.5) is 5.69 Å². The summed E-state index contributed by atoms with van der Waals surface area (Å²) in [5.41, 5.74) is 8.48. The van der Waals surface area contributed by atoms with Gasteiger partial charge in [0.2, 0.25) is 0 Å². The van der Waals surface area contributed by atoms with E-state index >= 15 is 0 Å². The molecule has 0 amide bonds. The lowest BCUT2D eigenvalue weighted by Crippen LogP contribution is -2.22. The topological polar surface area (TPSA) is 29.3 Å². The summed E-state index contributed by atoms with van der Waals surface area (Å²) in [7, 11) is 2.16. The Hall–Kier alpha value is -0.540. The van der Waals surface area contributed by atoms with E-state index in [1.54, 1.807) is 0 Å². The normalized spacial score (nSPS) is 17.6. The minimum atomic E-state index is 0.0919. The van der Waals surface area contributed by atoms with Crippen LogP contribution in [0, 0.1) is 0 Å². The predicted molar refractivity (Wildman–Crippen MR) is 68.2 cm³/mol.